The van der Waals surface area contributed by atoms with Crippen LogP contribution in [0.4, 0.5) is 0 Å². The van der Waals surface area contributed by atoms with Gasteiger partial charge in [-0.15, -0.1) is 0 Å². The van der Waals surface area contributed by atoms with Gasteiger partial charge < -0.3 is 10.4 Å². The van der Waals surface area contributed by atoms with Crippen LogP contribution in [0.3, 0.4) is 0 Å². The molecule has 0 bridgehead atoms. The molecule has 0 radical (unpaired) electrons. The van der Waals surface area contributed by atoms with Crippen molar-refractivity contribution in [3.8, 4) is 0 Å². The van der Waals surface area contributed by atoms with Gasteiger partial charge >= 0.3 is 0 Å². The summed E-state index contributed by atoms with van der Waals surface area (Å²) in [5.41, 5.74) is 0. The van der Waals surface area contributed by atoms with E-state index in [4.69, 9.17) is 0 Å². The molecule has 3 unspecified atom stereocenters. The maximum absolute atomic E-state index is 9.41. The van der Waals surface area contributed by atoms with Crippen molar-refractivity contribution in [2.75, 3.05) is 19.6 Å². The molecule has 2 saturated heterocycles. The van der Waals surface area contributed by atoms with E-state index < -0.39 is 0 Å². The van der Waals surface area contributed by atoms with E-state index in [9.17, 15) is 5.11 Å². The predicted molar refractivity (Wildman–Crippen MR) is 57.3 cm³/mol. The van der Waals surface area contributed by atoms with Crippen molar-refractivity contribution in [2.45, 2.75) is 50.8 Å². The number of aliphatic hydroxyl groups excluding tert-OH is 1. The molecule has 2 fully saturated rings. The fraction of sp³-hybridized carbons (Fsp3) is 1.00. The zero-order valence-electron chi connectivity index (χ0n) is 9.08. The fourth-order valence-corrected chi connectivity index (χ4v) is 2.91. The lowest BCUT2D eigenvalue weighted by Gasteiger charge is -2.30. The van der Waals surface area contributed by atoms with E-state index in [2.05, 4.69) is 10.2 Å². The second kappa shape index (κ2) is 4.60. The second-order valence-corrected chi connectivity index (χ2v) is 4.76. The average molecular weight is 198 g/mol. The third kappa shape index (κ3) is 2.27. The number of hydrogen-bond acceptors (Lipinski definition) is 3. The lowest BCUT2D eigenvalue weighted by molar-refractivity contribution is 0.109. The molecule has 0 amide bonds. The van der Waals surface area contributed by atoms with Crippen LogP contribution in [0, 0.1) is 0 Å². The Morgan fingerprint density at radius 3 is 2.93 bits per heavy atom. The molecule has 2 heterocycles. The summed E-state index contributed by atoms with van der Waals surface area (Å²) in [4.78, 5) is 2.47. The van der Waals surface area contributed by atoms with E-state index in [1.807, 2.05) is 6.92 Å². The van der Waals surface area contributed by atoms with E-state index in [0.717, 1.165) is 6.54 Å². The Bertz CT molecular complexity index is 178. The third-order valence-electron chi connectivity index (χ3n) is 3.48. The van der Waals surface area contributed by atoms with Crippen LogP contribution in [0.2, 0.25) is 0 Å². The Hall–Kier alpha value is -0.120. The van der Waals surface area contributed by atoms with Crippen molar-refractivity contribution in [3.63, 3.8) is 0 Å². The lowest BCUT2D eigenvalue weighted by atomic mass is 10.0. The molecule has 0 saturated carbocycles. The molecule has 0 spiro atoms. The number of nitrogens with one attached hydrogen (secondary N) is 1. The van der Waals surface area contributed by atoms with Gasteiger partial charge in [-0.2, -0.15) is 0 Å². The summed E-state index contributed by atoms with van der Waals surface area (Å²) in [5, 5.41) is 13.0. The van der Waals surface area contributed by atoms with Crippen molar-refractivity contribution in [1.82, 2.24) is 10.2 Å². The van der Waals surface area contributed by atoms with Crippen molar-refractivity contribution in [2.24, 2.45) is 0 Å². The number of aliphatic hydroxyl groups is 1. The monoisotopic (exact) mass is 198 g/mol. The maximum Gasteiger partial charge on any atom is 0.0639 e. The first-order valence-electron chi connectivity index (χ1n) is 5.93. The van der Waals surface area contributed by atoms with Crippen LogP contribution in [-0.4, -0.2) is 47.8 Å². The molecule has 14 heavy (non-hydrogen) atoms. The summed E-state index contributed by atoms with van der Waals surface area (Å²) in [7, 11) is 0. The highest BCUT2D eigenvalue weighted by Crippen LogP contribution is 2.24. The number of rotatable bonds is 3. The van der Waals surface area contributed by atoms with Gasteiger partial charge in [0, 0.05) is 18.6 Å². The smallest absolute Gasteiger partial charge is 0.0639 e. The summed E-state index contributed by atoms with van der Waals surface area (Å²) in [6.45, 7) is 5.09. The normalized spacial score (nSPS) is 36.4. The van der Waals surface area contributed by atoms with Gasteiger partial charge in [0.05, 0.1) is 6.10 Å². The number of likely N-dealkylation sites (tertiary alicyclic amines) is 1. The fourth-order valence-electron chi connectivity index (χ4n) is 2.91. The zero-order chi connectivity index (χ0) is 9.97. The predicted octanol–water partition coefficient (Wildman–Crippen LogP) is 0.584. The quantitative estimate of drug-likeness (QED) is 0.696. The summed E-state index contributed by atoms with van der Waals surface area (Å²) in [5.74, 6) is 0. The van der Waals surface area contributed by atoms with Gasteiger partial charge in [0.2, 0.25) is 0 Å². The van der Waals surface area contributed by atoms with Gasteiger partial charge in [-0.1, -0.05) is 0 Å². The van der Waals surface area contributed by atoms with Crippen molar-refractivity contribution in [3.05, 3.63) is 0 Å². The third-order valence-corrected chi connectivity index (χ3v) is 3.48. The van der Waals surface area contributed by atoms with Crippen molar-refractivity contribution < 1.29 is 5.11 Å². The molecule has 3 heteroatoms. The molecular weight excluding hydrogens is 176 g/mol. The van der Waals surface area contributed by atoms with Crippen molar-refractivity contribution in [1.29, 1.82) is 0 Å². The first kappa shape index (κ1) is 10.4. The molecule has 0 aromatic heterocycles. The molecule has 2 N–H and O–H groups in total. The highest BCUT2D eigenvalue weighted by atomic mass is 16.3. The van der Waals surface area contributed by atoms with Crippen LogP contribution < -0.4 is 5.32 Å². The molecule has 82 valence electrons. The largest absolute Gasteiger partial charge is 0.392 e. The molecule has 0 aliphatic carbocycles. The number of nitrogens with zero attached hydrogens (tertiary/aromatic N) is 1. The van der Waals surface area contributed by atoms with E-state index in [0.29, 0.717) is 12.1 Å². The molecule has 0 aromatic carbocycles. The first-order chi connectivity index (χ1) is 6.77. The number of hydrogen-bond donors (Lipinski definition) is 2. The minimum Gasteiger partial charge on any atom is -0.392 e. The Morgan fingerprint density at radius 2 is 2.29 bits per heavy atom. The van der Waals surface area contributed by atoms with Gasteiger partial charge in [-0.3, -0.25) is 4.90 Å². The molecule has 2 aliphatic rings. The van der Waals surface area contributed by atoms with Gasteiger partial charge in [-0.05, 0) is 45.7 Å². The van der Waals surface area contributed by atoms with E-state index in [1.54, 1.807) is 0 Å². The van der Waals surface area contributed by atoms with Crippen LogP contribution in [0.15, 0.2) is 0 Å². The molecule has 0 aromatic rings. The van der Waals surface area contributed by atoms with Crippen LogP contribution in [0.25, 0.3) is 0 Å². The Labute approximate surface area is 86.5 Å². The van der Waals surface area contributed by atoms with E-state index in [1.165, 1.54) is 38.8 Å². The Morgan fingerprint density at radius 1 is 1.43 bits per heavy atom. The van der Waals surface area contributed by atoms with Crippen molar-refractivity contribution >= 4 is 0 Å². The van der Waals surface area contributed by atoms with Crippen LogP contribution in [-0.2, 0) is 0 Å². The molecule has 3 atom stereocenters. The molecular formula is C11H22N2O. The molecule has 2 aliphatic heterocycles. The van der Waals surface area contributed by atoms with Crippen LogP contribution in [0.1, 0.15) is 32.6 Å². The van der Waals surface area contributed by atoms with Crippen LogP contribution >= 0.6 is 0 Å². The summed E-state index contributed by atoms with van der Waals surface area (Å²) < 4.78 is 0. The topological polar surface area (TPSA) is 35.5 Å². The van der Waals surface area contributed by atoms with Gasteiger partial charge in [0.25, 0.3) is 0 Å². The summed E-state index contributed by atoms with van der Waals surface area (Å²) in [6.07, 6.45) is 5.07. The van der Waals surface area contributed by atoms with Gasteiger partial charge in [0.1, 0.15) is 0 Å². The maximum atomic E-state index is 9.41. The molecule has 2 rings (SSSR count). The van der Waals surface area contributed by atoms with Gasteiger partial charge in [0.15, 0.2) is 0 Å². The highest BCUT2D eigenvalue weighted by Gasteiger charge is 2.33. The zero-order valence-corrected chi connectivity index (χ0v) is 9.08. The second-order valence-electron chi connectivity index (χ2n) is 4.76. The molecule has 3 nitrogen and oxygen atoms in total. The summed E-state index contributed by atoms with van der Waals surface area (Å²) in [6, 6.07) is 1.38. The Kier molecular flexibility index (Phi) is 3.42. The first-order valence-corrected chi connectivity index (χ1v) is 5.93. The standard InChI is InChI=1S/C11H22N2O/c1-9(14)8-13-7-3-5-11(13)10-4-2-6-12-10/h9-12,14H,2-8H2,1H3. The van der Waals surface area contributed by atoms with E-state index in [-0.39, 0.29) is 6.10 Å². The Balaban J connectivity index is 1.89. The average Bonchev–Trinajstić information content (AvgIpc) is 2.70. The van der Waals surface area contributed by atoms with Crippen LogP contribution in [0.5, 0.6) is 0 Å². The lowest BCUT2D eigenvalue weighted by Crippen LogP contribution is -2.46. The minimum absolute atomic E-state index is 0.183. The van der Waals surface area contributed by atoms with Gasteiger partial charge in [-0.25, -0.2) is 0 Å². The summed E-state index contributed by atoms with van der Waals surface area (Å²) >= 11 is 0. The van der Waals surface area contributed by atoms with E-state index >= 15 is 0 Å². The SMILES string of the molecule is CC(O)CN1CCCC1C1CCCN1. The highest BCUT2D eigenvalue weighted by molar-refractivity contribution is 4.92. The number of β-amino-alcohol motifs (C(OH)–C–C–N with tert-alkyl or cyclic N) is 1. The minimum atomic E-state index is -0.183.